The normalized spacial score (nSPS) is 11.5. The molecule has 0 fully saturated rings. The van der Waals surface area contributed by atoms with Crippen molar-refractivity contribution in [3.8, 4) is 5.75 Å². The van der Waals surface area contributed by atoms with Crippen molar-refractivity contribution in [1.82, 2.24) is 0 Å². The Morgan fingerprint density at radius 1 is 0.509 bits per heavy atom. The lowest BCUT2D eigenvalue weighted by atomic mass is 10.1. The first-order valence-corrected chi connectivity index (χ1v) is 18.7. The Balaban J connectivity index is 0.996. The highest BCUT2D eigenvalue weighted by molar-refractivity contribution is 5.96. The number of alkyl halides is 3. The largest absolute Gasteiger partial charge is 0.489 e. The Morgan fingerprint density at radius 2 is 0.930 bits per heavy atom. The molecular weight excluding hydrogens is 757 g/mol. The number of hydrogen-bond donors (Lipinski definition) is 2. The van der Waals surface area contributed by atoms with Crippen LogP contribution in [-0.4, -0.2) is 138 Å². The molecule has 0 bridgehead atoms. The first-order valence-electron chi connectivity index (χ1n) is 18.7. The summed E-state index contributed by atoms with van der Waals surface area (Å²) < 4.78 is 99.2. The Morgan fingerprint density at radius 3 is 1.40 bits per heavy atom. The molecule has 318 valence electrons. The summed E-state index contributed by atoms with van der Waals surface area (Å²) in [4.78, 5) is 12.6. The lowest BCUT2D eigenvalue weighted by Crippen LogP contribution is -2.16. The first kappa shape index (κ1) is 47.3. The maximum Gasteiger partial charge on any atom is 0.416 e. The SMILES string of the molecule is Nc1ccccc1OCCOCCOCCOCCOCCOCCOCCOCCOCCOCCOC(=O)c1ccccc1Nc1cccc(C(F)(F)F)c1. The number of hydrogen-bond acceptors (Lipinski definition) is 14. The zero-order valence-electron chi connectivity index (χ0n) is 32.2. The number of nitrogen functional groups attached to an aromatic ring is 1. The molecule has 0 amide bonds. The van der Waals surface area contributed by atoms with Crippen LogP contribution in [0, 0.1) is 0 Å². The van der Waals surface area contributed by atoms with Gasteiger partial charge in [-0.15, -0.1) is 0 Å². The predicted octanol–water partition coefficient (Wildman–Crippen LogP) is 5.42. The van der Waals surface area contributed by atoms with Crippen LogP contribution < -0.4 is 15.8 Å². The molecule has 3 aromatic carbocycles. The van der Waals surface area contributed by atoms with E-state index >= 15 is 0 Å². The summed E-state index contributed by atoms with van der Waals surface area (Å²) in [5.41, 5.74) is 6.32. The van der Waals surface area contributed by atoms with Crippen LogP contribution in [0.5, 0.6) is 5.75 Å². The third-order valence-electron chi connectivity index (χ3n) is 7.46. The standard InChI is InChI=1S/C40H55F3N2O12/c41-40(42,43)33-6-5-7-34(32-33)45-37-10-3-1-8-35(37)39(46)57-31-29-55-27-25-53-23-21-51-19-17-49-15-13-47-12-14-48-16-18-50-20-22-52-24-26-54-28-30-56-38-11-4-2-9-36(38)44/h1-11,32,45H,12-31,44H2. The van der Waals surface area contributed by atoms with Gasteiger partial charge in [-0.25, -0.2) is 4.79 Å². The van der Waals surface area contributed by atoms with Gasteiger partial charge in [-0.05, 0) is 42.5 Å². The molecular formula is C40H55F3N2O12. The minimum Gasteiger partial charge on any atom is -0.489 e. The van der Waals surface area contributed by atoms with Gasteiger partial charge in [0, 0.05) is 5.69 Å². The molecule has 0 saturated heterocycles. The second kappa shape index (κ2) is 30.1. The quantitative estimate of drug-likeness (QED) is 0.0448. The number of rotatable bonds is 34. The Kier molecular flexibility index (Phi) is 25.0. The van der Waals surface area contributed by atoms with E-state index in [0.29, 0.717) is 136 Å². The van der Waals surface area contributed by atoms with Crippen molar-refractivity contribution < 1.29 is 70.1 Å². The molecule has 0 saturated carbocycles. The first-order chi connectivity index (χ1) is 27.8. The lowest BCUT2D eigenvalue weighted by molar-refractivity contribution is -0.137. The summed E-state index contributed by atoms with van der Waals surface area (Å²) in [6.07, 6.45) is -4.48. The zero-order chi connectivity index (χ0) is 40.7. The van der Waals surface area contributed by atoms with Gasteiger partial charge in [0.05, 0.1) is 141 Å². The number of para-hydroxylation sites is 3. The molecule has 0 spiro atoms. The van der Waals surface area contributed by atoms with Gasteiger partial charge in [0.25, 0.3) is 0 Å². The molecule has 0 radical (unpaired) electrons. The molecule has 3 rings (SSSR count). The maximum atomic E-state index is 13.1. The van der Waals surface area contributed by atoms with Crippen molar-refractivity contribution in [1.29, 1.82) is 0 Å². The second-order valence-electron chi connectivity index (χ2n) is 11.8. The fraction of sp³-hybridized carbons (Fsp3) is 0.525. The summed E-state index contributed by atoms with van der Waals surface area (Å²) in [5, 5.41) is 2.86. The third-order valence-corrected chi connectivity index (χ3v) is 7.46. The third kappa shape index (κ3) is 22.5. The van der Waals surface area contributed by atoms with Crippen LogP contribution in [0.15, 0.2) is 72.8 Å². The Labute approximate surface area is 331 Å². The minimum absolute atomic E-state index is 0.00489. The number of esters is 1. The lowest BCUT2D eigenvalue weighted by Gasteiger charge is -2.13. The molecule has 0 aliphatic heterocycles. The van der Waals surface area contributed by atoms with Gasteiger partial charge in [-0.2, -0.15) is 13.2 Å². The number of carbonyl (C=O) groups excluding carboxylic acids is 1. The molecule has 0 aromatic heterocycles. The fourth-order valence-electron chi connectivity index (χ4n) is 4.65. The predicted molar refractivity (Wildman–Crippen MR) is 205 cm³/mol. The van der Waals surface area contributed by atoms with Crippen molar-refractivity contribution in [3.05, 3.63) is 83.9 Å². The van der Waals surface area contributed by atoms with Crippen LogP contribution in [0.1, 0.15) is 15.9 Å². The van der Waals surface area contributed by atoms with E-state index in [-0.39, 0.29) is 24.5 Å². The molecule has 14 nitrogen and oxygen atoms in total. The highest BCUT2D eigenvalue weighted by atomic mass is 19.4. The van der Waals surface area contributed by atoms with Crippen molar-refractivity contribution in [3.63, 3.8) is 0 Å². The van der Waals surface area contributed by atoms with Gasteiger partial charge in [-0.1, -0.05) is 30.3 Å². The van der Waals surface area contributed by atoms with E-state index in [9.17, 15) is 18.0 Å². The number of carbonyl (C=O) groups is 1. The van der Waals surface area contributed by atoms with Gasteiger partial charge in [0.2, 0.25) is 0 Å². The van der Waals surface area contributed by atoms with E-state index in [2.05, 4.69) is 5.32 Å². The highest BCUT2D eigenvalue weighted by Crippen LogP contribution is 2.32. The second-order valence-corrected chi connectivity index (χ2v) is 11.8. The van der Waals surface area contributed by atoms with E-state index in [1.165, 1.54) is 18.2 Å². The molecule has 57 heavy (non-hydrogen) atoms. The average Bonchev–Trinajstić information content (AvgIpc) is 3.20. The van der Waals surface area contributed by atoms with Crippen molar-refractivity contribution in [2.45, 2.75) is 6.18 Å². The van der Waals surface area contributed by atoms with Gasteiger partial charge >= 0.3 is 12.1 Å². The molecule has 3 N–H and O–H groups in total. The summed E-state index contributed by atoms with van der Waals surface area (Å²) >= 11 is 0. The van der Waals surface area contributed by atoms with Crippen LogP contribution in [-0.2, 0) is 53.5 Å². The number of benzene rings is 3. The van der Waals surface area contributed by atoms with Gasteiger partial charge < -0.3 is 63.2 Å². The summed E-state index contributed by atoms with van der Waals surface area (Å²) in [6.45, 7) is 7.94. The van der Waals surface area contributed by atoms with E-state index in [4.69, 9.17) is 57.8 Å². The molecule has 0 heterocycles. The highest BCUT2D eigenvalue weighted by Gasteiger charge is 2.30. The van der Waals surface area contributed by atoms with Crippen molar-refractivity contribution >= 4 is 23.0 Å². The molecule has 0 atom stereocenters. The Hall–Kier alpha value is -4.04. The van der Waals surface area contributed by atoms with E-state index in [0.717, 1.165) is 12.1 Å². The van der Waals surface area contributed by atoms with Crippen LogP contribution >= 0.6 is 0 Å². The topological polar surface area (TPSA) is 157 Å². The van der Waals surface area contributed by atoms with Crippen molar-refractivity contribution in [2.24, 2.45) is 0 Å². The smallest absolute Gasteiger partial charge is 0.416 e. The van der Waals surface area contributed by atoms with Crippen LogP contribution in [0.2, 0.25) is 0 Å². The summed E-state index contributed by atoms with van der Waals surface area (Å²) in [7, 11) is 0. The summed E-state index contributed by atoms with van der Waals surface area (Å²) in [6, 6.07) is 18.5. The minimum atomic E-state index is -4.48. The van der Waals surface area contributed by atoms with E-state index < -0.39 is 17.7 Å². The maximum absolute atomic E-state index is 13.1. The number of nitrogens with two attached hydrogens (primary N) is 1. The van der Waals surface area contributed by atoms with Crippen molar-refractivity contribution in [2.75, 3.05) is 143 Å². The molecule has 3 aromatic rings. The summed E-state index contributed by atoms with van der Waals surface area (Å²) in [5.74, 6) is 0.0214. The van der Waals surface area contributed by atoms with Gasteiger partial charge in [0.15, 0.2) is 0 Å². The van der Waals surface area contributed by atoms with Crippen LogP contribution in [0.4, 0.5) is 30.2 Å². The van der Waals surface area contributed by atoms with E-state index in [1.54, 1.807) is 24.3 Å². The number of nitrogens with one attached hydrogen (secondary N) is 1. The van der Waals surface area contributed by atoms with E-state index in [1.807, 2.05) is 18.2 Å². The van der Waals surface area contributed by atoms with Gasteiger partial charge in [0.1, 0.15) is 19.0 Å². The average molecular weight is 813 g/mol. The molecule has 17 heteroatoms. The number of ether oxygens (including phenoxy) is 11. The fourth-order valence-corrected chi connectivity index (χ4v) is 4.65. The molecule has 0 aliphatic carbocycles. The molecule has 0 aliphatic rings. The number of anilines is 3. The Bertz CT molecular complexity index is 1490. The van der Waals surface area contributed by atoms with Crippen LogP contribution in [0.3, 0.4) is 0 Å². The molecule has 0 unspecified atom stereocenters. The van der Waals surface area contributed by atoms with Gasteiger partial charge in [-0.3, -0.25) is 0 Å². The monoisotopic (exact) mass is 812 g/mol. The van der Waals surface area contributed by atoms with Crippen LogP contribution in [0.25, 0.3) is 0 Å². The zero-order valence-corrected chi connectivity index (χ0v) is 32.2. The number of halogens is 3.